The van der Waals surface area contributed by atoms with E-state index in [-0.39, 0.29) is 12.2 Å². The van der Waals surface area contributed by atoms with Crippen LogP contribution in [0.5, 0.6) is 11.5 Å². The molecule has 0 amide bonds. The molecule has 3 nitrogen and oxygen atoms in total. The van der Waals surface area contributed by atoms with Gasteiger partial charge >= 0.3 is 0 Å². The molecule has 3 atom stereocenters. The molecule has 0 bridgehead atoms. The fraction of sp³-hybridized carbons (Fsp3) is 0.571. The van der Waals surface area contributed by atoms with Crippen LogP contribution >= 0.6 is 0 Å². The number of benzene rings is 1. The largest absolute Gasteiger partial charge is 0.497 e. The molecule has 2 rings (SSSR count). The van der Waals surface area contributed by atoms with Gasteiger partial charge in [0.25, 0.3) is 0 Å². The van der Waals surface area contributed by atoms with E-state index in [2.05, 4.69) is 6.92 Å². The molecule has 1 N–H and O–H groups in total. The molecule has 0 radical (unpaired) electrons. The van der Waals surface area contributed by atoms with Crippen molar-refractivity contribution in [2.75, 3.05) is 7.11 Å². The Morgan fingerprint density at radius 3 is 2.41 bits per heavy atom. The van der Waals surface area contributed by atoms with E-state index < -0.39 is 0 Å². The third kappa shape index (κ3) is 3.13. The van der Waals surface area contributed by atoms with Gasteiger partial charge in [-0.3, -0.25) is 0 Å². The number of hydrogen-bond donors (Lipinski definition) is 1. The van der Waals surface area contributed by atoms with Crippen molar-refractivity contribution in [2.45, 2.75) is 38.4 Å². The van der Waals surface area contributed by atoms with E-state index >= 15 is 0 Å². The normalized spacial score (nSPS) is 28.8. The first-order chi connectivity index (χ1) is 8.19. The van der Waals surface area contributed by atoms with E-state index in [9.17, 15) is 5.11 Å². The summed E-state index contributed by atoms with van der Waals surface area (Å²) in [7, 11) is 1.64. The van der Waals surface area contributed by atoms with Crippen LogP contribution in [0.3, 0.4) is 0 Å². The Morgan fingerprint density at radius 2 is 1.76 bits per heavy atom. The lowest BCUT2D eigenvalue weighted by atomic mass is 9.86. The van der Waals surface area contributed by atoms with Crippen LogP contribution in [0.4, 0.5) is 0 Å². The highest BCUT2D eigenvalue weighted by molar-refractivity contribution is 5.31. The Labute approximate surface area is 102 Å². The summed E-state index contributed by atoms with van der Waals surface area (Å²) in [6, 6.07) is 7.50. The maximum absolute atomic E-state index is 9.90. The van der Waals surface area contributed by atoms with E-state index in [0.717, 1.165) is 30.8 Å². The van der Waals surface area contributed by atoms with Crippen molar-refractivity contribution >= 4 is 0 Å². The molecule has 3 heteroatoms. The van der Waals surface area contributed by atoms with Gasteiger partial charge < -0.3 is 14.6 Å². The second-order valence-electron chi connectivity index (χ2n) is 4.82. The number of aliphatic hydroxyl groups is 1. The molecule has 1 aromatic carbocycles. The van der Waals surface area contributed by atoms with E-state index in [1.807, 2.05) is 24.3 Å². The van der Waals surface area contributed by atoms with Gasteiger partial charge in [0.1, 0.15) is 17.6 Å². The van der Waals surface area contributed by atoms with Crippen LogP contribution in [0, 0.1) is 5.92 Å². The molecule has 1 aliphatic carbocycles. The number of aliphatic hydroxyl groups excluding tert-OH is 1. The van der Waals surface area contributed by atoms with E-state index in [1.165, 1.54) is 0 Å². The van der Waals surface area contributed by atoms with Crippen molar-refractivity contribution in [1.29, 1.82) is 0 Å². The lowest BCUT2D eigenvalue weighted by Crippen LogP contribution is -2.37. The van der Waals surface area contributed by atoms with Gasteiger partial charge in [-0.05, 0) is 49.4 Å². The van der Waals surface area contributed by atoms with Crippen LogP contribution in [0.1, 0.15) is 26.2 Å². The zero-order chi connectivity index (χ0) is 12.3. The highest BCUT2D eigenvalue weighted by Gasteiger charge is 2.28. The number of methoxy groups -OCH3 is 1. The predicted octanol–water partition coefficient (Wildman–Crippen LogP) is 2.62. The molecule has 0 heterocycles. The Hall–Kier alpha value is -1.22. The molecule has 94 valence electrons. The minimum atomic E-state index is -0.340. The number of ether oxygens (including phenoxy) is 2. The van der Waals surface area contributed by atoms with Crippen molar-refractivity contribution in [3.63, 3.8) is 0 Å². The van der Waals surface area contributed by atoms with Crippen LogP contribution in [0.15, 0.2) is 24.3 Å². The standard InChI is InChI=1S/C14H20O3/c1-10-3-8-13(15)14(9-10)17-12-6-4-11(16-2)5-7-12/h4-7,10,13-15H,3,8-9H2,1-2H3. The summed E-state index contributed by atoms with van der Waals surface area (Å²) < 4.78 is 10.9. The highest BCUT2D eigenvalue weighted by Crippen LogP contribution is 2.28. The second-order valence-corrected chi connectivity index (χ2v) is 4.82. The monoisotopic (exact) mass is 236 g/mol. The molecular weight excluding hydrogens is 216 g/mol. The Bertz CT molecular complexity index is 347. The molecule has 1 aliphatic rings. The molecule has 0 aromatic heterocycles. The van der Waals surface area contributed by atoms with Gasteiger partial charge in [-0.15, -0.1) is 0 Å². The minimum absolute atomic E-state index is 0.0767. The fourth-order valence-corrected chi connectivity index (χ4v) is 2.27. The Kier molecular flexibility index (Phi) is 3.89. The van der Waals surface area contributed by atoms with E-state index in [1.54, 1.807) is 7.11 Å². The maximum atomic E-state index is 9.90. The molecule has 0 saturated heterocycles. The second kappa shape index (κ2) is 5.41. The molecule has 1 saturated carbocycles. The van der Waals surface area contributed by atoms with Crippen LogP contribution in [0.25, 0.3) is 0 Å². The van der Waals surface area contributed by atoms with Crippen LogP contribution < -0.4 is 9.47 Å². The average Bonchev–Trinajstić information content (AvgIpc) is 2.35. The molecular formula is C14H20O3. The molecule has 1 aromatic rings. The van der Waals surface area contributed by atoms with Crippen LogP contribution in [0.2, 0.25) is 0 Å². The number of hydrogen-bond acceptors (Lipinski definition) is 3. The van der Waals surface area contributed by atoms with Crippen molar-refractivity contribution in [3.8, 4) is 11.5 Å². The van der Waals surface area contributed by atoms with Crippen molar-refractivity contribution in [2.24, 2.45) is 5.92 Å². The summed E-state index contributed by atoms with van der Waals surface area (Å²) in [5, 5.41) is 9.90. The molecule has 0 aliphatic heterocycles. The quantitative estimate of drug-likeness (QED) is 0.876. The summed E-state index contributed by atoms with van der Waals surface area (Å²) >= 11 is 0. The van der Waals surface area contributed by atoms with Crippen LogP contribution in [-0.4, -0.2) is 24.4 Å². The molecule has 3 unspecified atom stereocenters. The zero-order valence-electron chi connectivity index (χ0n) is 10.4. The van der Waals surface area contributed by atoms with Gasteiger partial charge in [0, 0.05) is 0 Å². The molecule has 0 spiro atoms. The summed E-state index contributed by atoms with van der Waals surface area (Å²) in [4.78, 5) is 0. The summed E-state index contributed by atoms with van der Waals surface area (Å²) in [6.45, 7) is 2.20. The third-order valence-electron chi connectivity index (χ3n) is 3.37. The molecule has 1 fully saturated rings. The molecule has 17 heavy (non-hydrogen) atoms. The van der Waals surface area contributed by atoms with Gasteiger partial charge in [0.2, 0.25) is 0 Å². The first kappa shape index (κ1) is 12.2. The lowest BCUT2D eigenvalue weighted by Gasteiger charge is -2.31. The number of rotatable bonds is 3. The first-order valence-corrected chi connectivity index (χ1v) is 6.18. The lowest BCUT2D eigenvalue weighted by molar-refractivity contribution is -0.00759. The van der Waals surface area contributed by atoms with Crippen molar-refractivity contribution < 1.29 is 14.6 Å². The zero-order valence-corrected chi connectivity index (χ0v) is 10.4. The van der Waals surface area contributed by atoms with Gasteiger partial charge in [0.15, 0.2) is 0 Å². The van der Waals surface area contributed by atoms with Gasteiger partial charge in [-0.2, -0.15) is 0 Å². The summed E-state index contributed by atoms with van der Waals surface area (Å²) in [5.41, 5.74) is 0. The smallest absolute Gasteiger partial charge is 0.125 e. The fourth-order valence-electron chi connectivity index (χ4n) is 2.27. The van der Waals surface area contributed by atoms with E-state index in [0.29, 0.717) is 5.92 Å². The first-order valence-electron chi connectivity index (χ1n) is 6.18. The SMILES string of the molecule is COc1ccc(OC2CC(C)CCC2O)cc1. The van der Waals surface area contributed by atoms with Gasteiger partial charge in [-0.25, -0.2) is 0 Å². The van der Waals surface area contributed by atoms with Crippen LogP contribution in [-0.2, 0) is 0 Å². The predicted molar refractivity (Wildman–Crippen MR) is 66.4 cm³/mol. The average molecular weight is 236 g/mol. The van der Waals surface area contributed by atoms with Gasteiger partial charge in [0.05, 0.1) is 13.2 Å². The Balaban J connectivity index is 1.98. The maximum Gasteiger partial charge on any atom is 0.125 e. The van der Waals surface area contributed by atoms with E-state index in [4.69, 9.17) is 9.47 Å². The topological polar surface area (TPSA) is 38.7 Å². The minimum Gasteiger partial charge on any atom is -0.497 e. The third-order valence-corrected chi connectivity index (χ3v) is 3.37. The highest BCUT2D eigenvalue weighted by atomic mass is 16.5. The summed E-state index contributed by atoms with van der Waals surface area (Å²) in [6.07, 6.45) is 2.43. The van der Waals surface area contributed by atoms with Crippen molar-refractivity contribution in [1.82, 2.24) is 0 Å². The van der Waals surface area contributed by atoms with Gasteiger partial charge in [-0.1, -0.05) is 6.92 Å². The summed E-state index contributed by atoms with van der Waals surface area (Å²) in [5.74, 6) is 2.24. The Morgan fingerprint density at radius 1 is 1.12 bits per heavy atom. The van der Waals surface area contributed by atoms with Crippen molar-refractivity contribution in [3.05, 3.63) is 24.3 Å².